The first-order chi connectivity index (χ1) is 13.5. The molecular weight excluding hydrogens is 357 g/mol. The maximum Gasteiger partial charge on any atom is 0.251 e. The molecule has 0 atom stereocenters. The van der Waals surface area contributed by atoms with Crippen molar-refractivity contribution in [3.8, 4) is 5.69 Å². The predicted molar refractivity (Wildman–Crippen MR) is 104 cm³/mol. The van der Waals surface area contributed by atoms with Crippen LogP contribution in [0.5, 0.6) is 0 Å². The Morgan fingerprint density at radius 1 is 1.18 bits per heavy atom. The summed E-state index contributed by atoms with van der Waals surface area (Å²) in [5, 5.41) is 13.8. The van der Waals surface area contributed by atoms with Gasteiger partial charge in [0, 0.05) is 42.0 Å². The van der Waals surface area contributed by atoms with Crippen molar-refractivity contribution in [1.29, 1.82) is 0 Å². The minimum Gasteiger partial charge on any atom is -0.385 e. The van der Waals surface area contributed by atoms with Crippen LogP contribution >= 0.6 is 0 Å². The first-order valence-electron chi connectivity index (χ1n) is 9.42. The van der Waals surface area contributed by atoms with Crippen molar-refractivity contribution in [2.45, 2.75) is 37.3 Å². The molecule has 1 aromatic carbocycles. The molecule has 2 aromatic heterocycles. The van der Waals surface area contributed by atoms with E-state index in [0.717, 1.165) is 5.56 Å². The van der Waals surface area contributed by atoms with E-state index in [0.29, 0.717) is 36.9 Å². The molecule has 28 heavy (non-hydrogen) atoms. The first kappa shape index (κ1) is 18.4. The average Bonchev–Trinajstić information content (AvgIpc) is 3.25. The van der Waals surface area contributed by atoms with Crippen LogP contribution in [0.2, 0.25) is 0 Å². The highest BCUT2D eigenvalue weighted by Gasteiger charge is 2.35. The summed E-state index contributed by atoms with van der Waals surface area (Å²) in [6.45, 7) is 0. The van der Waals surface area contributed by atoms with Gasteiger partial charge in [0.25, 0.3) is 5.91 Å². The van der Waals surface area contributed by atoms with Crippen LogP contribution in [0.4, 0.5) is 4.39 Å². The molecule has 1 aliphatic rings. The van der Waals surface area contributed by atoms with Gasteiger partial charge >= 0.3 is 0 Å². The number of rotatable bonds is 4. The summed E-state index contributed by atoms with van der Waals surface area (Å²) >= 11 is 0. The number of hydrogen-bond donors (Lipinski definition) is 2. The van der Waals surface area contributed by atoms with Crippen LogP contribution in [0.1, 0.15) is 41.6 Å². The molecule has 5 nitrogen and oxygen atoms in total. The standard InChI is InChI=1S/C22H22FN3O2/c23-19-14-16(5-6-20(19)26-12-1-2-13-26)21(27)25-18-7-9-22(28,10-8-18)17-4-3-11-24-15-17/h1-6,11-15,18,28H,7-10H2,(H,25,27). The molecule has 1 amide bonds. The second-order valence-electron chi connectivity index (χ2n) is 7.28. The number of benzene rings is 1. The van der Waals surface area contributed by atoms with Crippen molar-refractivity contribution in [3.63, 3.8) is 0 Å². The van der Waals surface area contributed by atoms with E-state index in [1.54, 1.807) is 41.5 Å². The lowest BCUT2D eigenvalue weighted by atomic mass is 9.78. The zero-order chi connectivity index (χ0) is 19.6. The molecule has 1 saturated carbocycles. The van der Waals surface area contributed by atoms with Crippen molar-refractivity contribution in [1.82, 2.24) is 14.9 Å². The maximum absolute atomic E-state index is 14.4. The Hall–Kier alpha value is -2.99. The van der Waals surface area contributed by atoms with Gasteiger partial charge in [-0.05, 0) is 62.1 Å². The lowest BCUT2D eigenvalue weighted by Gasteiger charge is -2.36. The highest BCUT2D eigenvalue weighted by atomic mass is 19.1. The van der Waals surface area contributed by atoms with Crippen LogP contribution < -0.4 is 5.32 Å². The van der Waals surface area contributed by atoms with E-state index in [2.05, 4.69) is 10.3 Å². The number of nitrogens with zero attached hydrogens (tertiary/aromatic N) is 2. The highest BCUT2D eigenvalue weighted by Crippen LogP contribution is 2.36. The fourth-order valence-electron chi connectivity index (χ4n) is 3.79. The smallest absolute Gasteiger partial charge is 0.251 e. The molecule has 3 aromatic rings. The summed E-state index contributed by atoms with van der Waals surface area (Å²) < 4.78 is 16.1. The average molecular weight is 379 g/mol. The van der Waals surface area contributed by atoms with Crippen LogP contribution in [0.15, 0.2) is 67.3 Å². The molecule has 0 spiro atoms. The van der Waals surface area contributed by atoms with Gasteiger partial charge in [0.2, 0.25) is 0 Å². The van der Waals surface area contributed by atoms with Gasteiger partial charge in [-0.1, -0.05) is 6.07 Å². The van der Waals surface area contributed by atoms with Gasteiger partial charge in [-0.2, -0.15) is 0 Å². The van der Waals surface area contributed by atoms with Gasteiger partial charge in [-0.3, -0.25) is 9.78 Å². The van der Waals surface area contributed by atoms with Gasteiger partial charge in [-0.25, -0.2) is 4.39 Å². The fourth-order valence-corrected chi connectivity index (χ4v) is 3.79. The number of halogens is 1. The number of aliphatic hydroxyl groups is 1. The third-order valence-corrected chi connectivity index (χ3v) is 5.44. The number of nitrogens with one attached hydrogen (secondary N) is 1. The van der Waals surface area contributed by atoms with Gasteiger partial charge in [-0.15, -0.1) is 0 Å². The number of aromatic nitrogens is 2. The lowest BCUT2D eigenvalue weighted by molar-refractivity contribution is -0.00831. The predicted octanol–water partition coefficient (Wildman–Crippen LogP) is 3.57. The largest absolute Gasteiger partial charge is 0.385 e. The quantitative estimate of drug-likeness (QED) is 0.728. The second kappa shape index (κ2) is 7.56. The minimum absolute atomic E-state index is 0.0448. The van der Waals surface area contributed by atoms with E-state index in [-0.39, 0.29) is 11.9 Å². The Labute approximate surface area is 162 Å². The summed E-state index contributed by atoms with van der Waals surface area (Å²) in [5.41, 5.74) is 0.602. The third kappa shape index (κ3) is 3.68. The number of amides is 1. The third-order valence-electron chi connectivity index (χ3n) is 5.44. The van der Waals surface area contributed by atoms with Crippen LogP contribution in [0.25, 0.3) is 5.69 Å². The van der Waals surface area contributed by atoms with E-state index in [4.69, 9.17) is 0 Å². The molecule has 0 aliphatic heterocycles. The summed E-state index contributed by atoms with van der Waals surface area (Å²) in [4.78, 5) is 16.6. The van der Waals surface area contributed by atoms with Crippen molar-refractivity contribution in [3.05, 3.63) is 84.2 Å². The molecule has 6 heteroatoms. The van der Waals surface area contributed by atoms with E-state index in [9.17, 15) is 14.3 Å². The van der Waals surface area contributed by atoms with E-state index >= 15 is 0 Å². The molecule has 0 unspecified atom stereocenters. The molecule has 0 bridgehead atoms. The van der Waals surface area contributed by atoms with Crippen LogP contribution in [0.3, 0.4) is 0 Å². The minimum atomic E-state index is -0.903. The normalized spacial score (nSPS) is 22.0. The van der Waals surface area contributed by atoms with Crippen LogP contribution in [0, 0.1) is 5.82 Å². The van der Waals surface area contributed by atoms with Gasteiger partial charge in [0.15, 0.2) is 0 Å². The monoisotopic (exact) mass is 379 g/mol. The first-order valence-corrected chi connectivity index (χ1v) is 9.42. The highest BCUT2D eigenvalue weighted by molar-refractivity contribution is 5.94. The Kier molecular flexibility index (Phi) is 4.96. The van der Waals surface area contributed by atoms with Crippen molar-refractivity contribution >= 4 is 5.91 Å². The lowest BCUT2D eigenvalue weighted by Crippen LogP contribution is -2.42. The van der Waals surface area contributed by atoms with Gasteiger partial charge in [0.1, 0.15) is 5.82 Å². The number of carbonyl (C=O) groups excluding carboxylic acids is 1. The SMILES string of the molecule is O=C(NC1CCC(O)(c2cccnc2)CC1)c1ccc(-n2cccc2)c(F)c1. The molecule has 1 aliphatic carbocycles. The van der Waals surface area contributed by atoms with Crippen molar-refractivity contribution < 1.29 is 14.3 Å². The molecule has 2 heterocycles. The summed E-state index contributed by atoms with van der Waals surface area (Å²) in [7, 11) is 0. The molecule has 0 radical (unpaired) electrons. The Morgan fingerprint density at radius 3 is 2.57 bits per heavy atom. The van der Waals surface area contributed by atoms with Crippen molar-refractivity contribution in [2.75, 3.05) is 0 Å². The summed E-state index contributed by atoms with van der Waals surface area (Å²) in [6, 6.07) is 11.8. The van der Waals surface area contributed by atoms with E-state index < -0.39 is 11.4 Å². The van der Waals surface area contributed by atoms with Gasteiger partial charge < -0.3 is 15.0 Å². The zero-order valence-electron chi connectivity index (χ0n) is 15.4. The summed E-state index contributed by atoms with van der Waals surface area (Å²) in [6.07, 6.45) is 9.28. The molecule has 144 valence electrons. The molecule has 0 saturated heterocycles. The van der Waals surface area contributed by atoms with Crippen molar-refractivity contribution in [2.24, 2.45) is 0 Å². The molecule has 1 fully saturated rings. The molecular formula is C22H22FN3O2. The number of pyridine rings is 1. The zero-order valence-corrected chi connectivity index (χ0v) is 15.4. The van der Waals surface area contributed by atoms with Crippen LogP contribution in [-0.2, 0) is 5.60 Å². The van der Waals surface area contributed by atoms with Gasteiger partial charge in [0.05, 0.1) is 11.3 Å². The fraction of sp³-hybridized carbons (Fsp3) is 0.273. The Morgan fingerprint density at radius 2 is 1.93 bits per heavy atom. The number of carbonyl (C=O) groups is 1. The second-order valence-corrected chi connectivity index (χ2v) is 7.28. The van der Waals surface area contributed by atoms with E-state index in [1.807, 2.05) is 24.3 Å². The number of hydrogen-bond acceptors (Lipinski definition) is 3. The maximum atomic E-state index is 14.4. The topological polar surface area (TPSA) is 67.2 Å². The Balaban J connectivity index is 1.39. The van der Waals surface area contributed by atoms with E-state index in [1.165, 1.54) is 6.07 Å². The molecule has 2 N–H and O–H groups in total. The summed E-state index contributed by atoms with van der Waals surface area (Å²) in [5.74, 6) is -0.742. The van der Waals surface area contributed by atoms with Crippen LogP contribution in [-0.4, -0.2) is 26.6 Å². The molecule has 4 rings (SSSR count). The Bertz CT molecular complexity index is 949.